The second kappa shape index (κ2) is 8.40. The molecule has 0 unspecified atom stereocenters. The van der Waals surface area contributed by atoms with Gasteiger partial charge < -0.3 is 10.2 Å². The molecule has 0 atom stereocenters. The van der Waals surface area contributed by atoms with Gasteiger partial charge in [-0.1, -0.05) is 24.3 Å². The van der Waals surface area contributed by atoms with Crippen LogP contribution in [0.1, 0.15) is 21.5 Å². The van der Waals surface area contributed by atoms with Crippen molar-refractivity contribution >= 4 is 17.7 Å². The summed E-state index contributed by atoms with van der Waals surface area (Å²) < 4.78 is 36.9. The van der Waals surface area contributed by atoms with Crippen molar-refractivity contribution in [2.45, 2.75) is 23.5 Å². The van der Waals surface area contributed by atoms with Crippen molar-refractivity contribution in [2.24, 2.45) is 0 Å². The Hall–Kier alpha value is -1.99. The highest BCUT2D eigenvalue weighted by Gasteiger charge is 2.29. The molecule has 0 fully saturated rings. The summed E-state index contributed by atoms with van der Waals surface area (Å²) in [6.07, 6.45) is 0. The number of amides is 1. The van der Waals surface area contributed by atoms with Crippen LogP contribution in [0.4, 0.5) is 13.2 Å². The van der Waals surface area contributed by atoms with Crippen LogP contribution in [0.2, 0.25) is 0 Å². The average Bonchev–Trinajstić information content (AvgIpc) is 2.52. The summed E-state index contributed by atoms with van der Waals surface area (Å²) in [4.78, 5) is 13.5. The Morgan fingerprint density at radius 2 is 1.56 bits per heavy atom. The molecule has 2 aromatic rings. The van der Waals surface area contributed by atoms with E-state index in [9.17, 15) is 18.0 Å². The van der Waals surface area contributed by atoms with E-state index < -0.39 is 5.51 Å². The molecule has 2 aromatic carbocycles. The van der Waals surface area contributed by atoms with Gasteiger partial charge in [0, 0.05) is 22.6 Å². The summed E-state index contributed by atoms with van der Waals surface area (Å²) >= 11 is -0.197. The van der Waals surface area contributed by atoms with Gasteiger partial charge >= 0.3 is 5.51 Å². The highest BCUT2D eigenvalue weighted by atomic mass is 32.2. The number of alkyl halides is 3. The average molecular weight is 369 g/mol. The standard InChI is InChI=1S/C18H19F3N2OS/c1-23(2)12-14-5-3-13(4-6-14)11-22-17(24)15-7-9-16(10-8-15)25-18(19,20)21/h3-10H,11-12H2,1-2H3,(H,22,24)/p+1. The van der Waals surface area contributed by atoms with Crippen molar-refractivity contribution in [1.29, 1.82) is 0 Å². The molecule has 0 bridgehead atoms. The Balaban J connectivity index is 1.89. The molecule has 0 aliphatic heterocycles. The second-order valence-electron chi connectivity index (χ2n) is 5.96. The molecular formula is C18H20F3N2OS+. The maximum absolute atomic E-state index is 12.3. The van der Waals surface area contributed by atoms with Crippen LogP contribution >= 0.6 is 11.8 Å². The number of carbonyl (C=O) groups excluding carboxylic acids is 1. The van der Waals surface area contributed by atoms with E-state index in [1.165, 1.54) is 34.7 Å². The molecule has 0 aromatic heterocycles. The van der Waals surface area contributed by atoms with Gasteiger partial charge in [0.25, 0.3) is 5.91 Å². The number of halogens is 3. The highest BCUT2D eigenvalue weighted by molar-refractivity contribution is 8.00. The molecule has 0 aliphatic carbocycles. The van der Waals surface area contributed by atoms with Crippen molar-refractivity contribution < 1.29 is 22.9 Å². The van der Waals surface area contributed by atoms with E-state index in [2.05, 4.69) is 19.4 Å². The van der Waals surface area contributed by atoms with Gasteiger partial charge in [0.05, 0.1) is 14.1 Å². The second-order valence-corrected chi connectivity index (χ2v) is 7.09. The first kappa shape index (κ1) is 19.3. The zero-order chi connectivity index (χ0) is 18.4. The number of benzene rings is 2. The quantitative estimate of drug-likeness (QED) is 0.768. The van der Waals surface area contributed by atoms with Crippen LogP contribution in [0.15, 0.2) is 53.4 Å². The molecule has 134 valence electrons. The van der Waals surface area contributed by atoms with Crippen molar-refractivity contribution in [3.63, 3.8) is 0 Å². The lowest BCUT2D eigenvalue weighted by atomic mass is 10.1. The van der Waals surface area contributed by atoms with Gasteiger partial charge in [-0.3, -0.25) is 4.79 Å². The minimum atomic E-state index is -4.33. The molecule has 1 amide bonds. The number of nitrogens with one attached hydrogen (secondary N) is 2. The maximum Gasteiger partial charge on any atom is 0.446 e. The number of quaternary nitrogens is 1. The third-order valence-corrected chi connectivity index (χ3v) is 4.12. The molecule has 0 saturated carbocycles. The van der Waals surface area contributed by atoms with Crippen LogP contribution in [0.3, 0.4) is 0 Å². The van der Waals surface area contributed by atoms with Gasteiger partial charge in [-0.15, -0.1) is 0 Å². The lowest BCUT2D eigenvalue weighted by Gasteiger charge is -2.09. The van der Waals surface area contributed by atoms with Gasteiger partial charge in [-0.25, -0.2) is 0 Å². The smallest absolute Gasteiger partial charge is 0.348 e. The number of rotatable bonds is 6. The number of hydrogen-bond acceptors (Lipinski definition) is 2. The van der Waals surface area contributed by atoms with Crippen LogP contribution in [0.25, 0.3) is 0 Å². The summed E-state index contributed by atoms with van der Waals surface area (Å²) in [5, 5.41) is 2.77. The Kier molecular flexibility index (Phi) is 6.50. The van der Waals surface area contributed by atoms with Crippen LogP contribution in [-0.2, 0) is 13.1 Å². The van der Waals surface area contributed by atoms with Crippen molar-refractivity contribution in [1.82, 2.24) is 5.32 Å². The Labute approximate surface area is 149 Å². The summed E-state index contributed by atoms with van der Waals surface area (Å²) in [6, 6.07) is 13.4. The highest BCUT2D eigenvalue weighted by Crippen LogP contribution is 2.36. The summed E-state index contributed by atoms with van der Waals surface area (Å²) in [6.45, 7) is 1.29. The molecule has 3 nitrogen and oxygen atoms in total. The first-order valence-corrected chi connectivity index (χ1v) is 8.55. The van der Waals surface area contributed by atoms with Gasteiger partial charge in [0.2, 0.25) is 0 Å². The zero-order valence-electron chi connectivity index (χ0n) is 14.0. The predicted molar refractivity (Wildman–Crippen MR) is 92.5 cm³/mol. The molecule has 0 heterocycles. The van der Waals surface area contributed by atoms with Crippen molar-refractivity contribution in [2.75, 3.05) is 14.1 Å². The SMILES string of the molecule is C[NH+](C)Cc1ccc(CNC(=O)c2ccc(SC(F)(F)F)cc2)cc1. The lowest BCUT2D eigenvalue weighted by molar-refractivity contribution is -0.872. The Morgan fingerprint density at radius 1 is 1.00 bits per heavy atom. The third-order valence-electron chi connectivity index (χ3n) is 3.38. The number of carbonyl (C=O) groups is 1. The van der Waals surface area contributed by atoms with E-state index in [-0.39, 0.29) is 22.6 Å². The molecule has 0 radical (unpaired) electrons. The van der Waals surface area contributed by atoms with Gasteiger partial charge in [0.15, 0.2) is 0 Å². The molecule has 0 saturated heterocycles. The van der Waals surface area contributed by atoms with Gasteiger partial charge in [-0.2, -0.15) is 13.2 Å². The van der Waals surface area contributed by atoms with Crippen LogP contribution in [0.5, 0.6) is 0 Å². The van der Waals surface area contributed by atoms with Gasteiger partial charge in [0.1, 0.15) is 6.54 Å². The zero-order valence-corrected chi connectivity index (χ0v) is 14.8. The van der Waals surface area contributed by atoms with E-state index in [0.29, 0.717) is 12.1 Å². The topological polar surface area (TPSA) is 33.5 Å². The molecule has 2 rings (SSSR count). The van der Waals surface area contributed by atoms with E-state index in [0.717, 1.165) is 12.1 Å². The Morgan fingerprint density at radius 3 is 2.08 bits per heavy atom. The van der Waals surface area contributed by atoms with Crippen LogP contribution in [-0.4, -0.2) is 25.5 Å². The lowest BCUT2D eigenvalue weighted by Crippen LogP contribution is -3.04. The minimum absolute atomic E-state index is 0.0580. The van der Waals surface area contributed by atoms with Crippen molar-refractivity contribution in [3.05, 3.63) is 65.2 Å². The fourth-order valence-electron chi connectivity index (χ4n) is 2.28. The number of thioether (sulfide) groups is 1. The molecule has 0 aliphatic rings. The normalized spacial score (nSPS) is 11.6. The van der Waals surface area contributed by atoms with Crippen molar-refractivity contribution in [3.8, 4) is 0 Å². The summed E-state index contributed by atoms with van der Waals surface area (Å²) in [5.41, 5.74) is -1.81. The largest absolute Gasteiger partial charge is 0.446 e. The van der Waals surface area contributed by atoms with E-state index in [1.807, 2.05) is 24.3 Å². The van der Waals surface area contributed by atoms with Crippen LogP contribution < -0.4 is 10.2 Å². The van der Waals surface area contributed by atoms with E-state index in [1.54, 1.807) is 0 Å². The van der Waals surface area contributed by atoms with E-state index >= 15 is 0 Å². The number of hydrogen-bond donors (Lipinski definition) is 2. The third kappa shape index (κ3) is 6.80. The molecule has 2 N–H and O–H groups in total. The van der Waals surface area contributed by atoms with E-state index in [4.69, 9.17) is 0 Å². The Bertz CT molecular complexity index is 698. The minimum Gasteiger partial charge on any atom is -0.348 e. The molecule has 0 spiro atoms. The first-order valence-electron chi connectivity index (χ1n) is 7.74. The fourth-order valence-corrected chi connectivity index (χ4v) is 2.82. The summed E-state index contributed by atoms with van der Waals surface area (Å²) in [7, 11) is 4.15. The fraction of sp³-hybridized carbons (Fsp3) is 0.278. The molecule has 25 heavy (non-hydrogen) atoms. The van der Waals surface area contributed by atoms with Crippen LogP contribution in [0, 0.1) is 0 Å². The molecule has 7 heteroatoms. The molecular weight excluding hydrogens is 349 g/mol. The first-order chi connectivity index (χ1) is 11.7. The summed E-state index contributed by atoms with van der Waals surface area (Å²) in [5.74, 6) is -0.314. The maximum atomic E-state index is 12.3. The predicted octanol–water partition coefficient (Wildman–Crippen LogP) is 2.87. The monoisotopic (exact) mass is 369 g/mol. The van der Waals surface area contributed by atoms with Gasteiger partial charge in [-0.05, 0) is 41.6 Å².